The minimum Gasteiger partial charge on any atom is -0.497 e. The van der Waals surface area contributed by atoms with Gasteiger partial charge in [0.15, 0.2) is 0 Å². The molecule has 0 aliphatic heterocycles. The molecular weight excluding hydrogens is 470 g/mol. The zero-order valence-electron chi connectivity index (χ0n) is 24.5. The molecule has 2 N–H and O–H groups in total. The SMILES string of the molecule is CCOC(=O)/C(C)=C/[C@H](C(C)C)N(C)C(=O)[C@@H](NC(=O)C(C)(Cc1ccc(OC)cc1)NC)C(C)(C)C. The minimum absolute atomic E-state index is 0.0345. The van der Waals surface area contributed by atoms with Gasteiger partial charge in [-0.1, -0.05) is 52.8 Å². The van der Waals surface area contributed by atoms with E-state index in [1.165, 1.54) is 0 Å². The summed E-state index contributed by atoms with van der Waals surface area (Å²) >= 11 is 0. The fourth-order valence-corrected chi connectivity index (χ4v) is 4.04. The van der Waals surface area contributed by atoms with Crippen LogP contribution in [0.2, 0.25) is 0 Å². The Morgan fingerprint density at radius 2 is 1.65 bits per heavy atom. The summed E-state index contributed by atoms with van der Waals surface area (Å²) in [6, 6.07) is 6.43. The molecule has 0 heterocycles. The molecule has 3 atom stereocenters. The van der Waals surface area contributed by atoms with Crippen molar-refractivity contribution >= 4 is 17.8 Å². The number of esters is 1. The van der Waals surface area contributed by atoms with Gasteiger partial charge in [-0.05, 0) is 63.3 Å². The van der Waals surface area contributed by atoms with Crippen molar-refractivity contribution in [2.24, 2.45) is 11.3 Å². The van der Waals surface area contributed by atoms with E-state index in [2.05, 4.69) is 10.6 Å². The normalized spacial score (nSPS) is 15.4. The smallest absolute Gasteiger partial charge is 0.333 e. The van der Waals surface area contributed by atoms with E-state index in [1.807, 2.05) is 65.8 Å². The first kappa shape index (κ1) is 32.2. The number of amides is 2. The maximum atomic E-state index is 13.8. The average Bonchev–Trinajstić information content (AvgIpc) is 2.84. The van der Waals surface area contributed by atoms with E-state index in [4.69, 9.17) is 9.47 Å². The number of rotatable bonds is 12. The number of likely N-dealkylation sites (N-methyl/N-ethyl adjacent to an activating group) is 2. The molecule has 0 aliphatic carbocycles. The number of nitrogens with zero attached hydrogens (tertiary/aromatic N) is 1. The quantitative estimate of drug-likeness (QED) is 0.324. The molecule has 37 heavy (non-hydrogen) atoms. The van der Waals surface area contributed by atoms with Crippen LogP contribution in [0.25, 0.3) is 0 Å². The van der Waals surface area contributed by atoms with Gasteiger partial charge in [-0.2, -0.15) is 0 Å². The van der Waals surface area contributed by atoms with Crippen LogP contribution < -0.4 is 15.4 Å². The van der Waals surface area contributed by atoms with Crippen LogP contribution in [0.3, 0.4) is 0 Å². The highest BCUT2D eigenvalue weighted by Gasteiger charge is 2.41. The number of nitrogens with one attached hydrogen (secondary N) is 2. The van der Waals surface area contributed by atoms with Gasteiger partial charge < -0.3 is 25.0 Å². The van der Waals surface area contributed by atoms with Crippen LogP contribution in [0.1, 0.15) is 61.0 Å². The number of carbonyl (C=O) groups excluding carboxylic acids is 3. The van der Waals surface area contributed by atoms with Gasteiger partial charge in [-0.15, -0.1) is 0 Å². The van der Waals surface area contributed by atoms with Crippen LogP contribution in [0.5, 0.6) is 5.75 Å². The Bertz CT molecular complexity index is 949. The molecule has 1 unspecified atom stereocenters. The van der Waals surface area contributed by atoms with Gasteiger partial charge in [0.05, 0.1) is 25.3 Å². The van der Waals surface area contributed by atoms with Crippen LogP contribution >= 0.6 is 0 Å². The Balaban J connectivity index is 3.23. The molecule has 0 saturated heterocycles. The average molecular weight is 518 g/mol. The molecule has 0 radical (unpaired) electrons. The molecule has 0 saturated carbocycles. The van der Waals surface area contributed by atoms with Crippen molar-refractivity contribution in [3.05, 3.63) is 41.5 Å². The zero-order valence-corrected chi connectivity index (χ0v) is 24.5. The largest absolute Gasteiger partial charge is 0.497 e. The Labute approximate surface area is 223 Å². The molecule has 0 aliphatic rings. The molecular formula is C29H47N3O5. The first-order valence-electron chi connectivity index (χ1n) is 12.9. The lowest BCUT2D eigenvalue weighted by Crippen LogP contribution is -2.63. The summed E-state index contributed by atoms with van der Waals surface area (Å²) in [6.07, 6.45) is 2.19. The third-order valence-electron chi connectivity index (χ3n) is 6.65. The van der Waals surface area contributed by atoms with E-state index in [0.717, 1.165) is 11.3 Å². The molecule has 1 aromatic carbocycles. The standard InChI is InChI=1S/C29H47N3O5/c1-12-37-26(34)20(4)17-23(19(2)3)32(10)25(33)24(28(5,6)7)31-27(35)29(8,30-9)18-21-13-15-22(36-11)16-14-21/h13-17,19,23-24,30H,12,18H2,1-11H3,(H,31,35)/b20-17+/t23-,24-,29?/m1/s1. The van der Waals surface area contributed by atoms with Crippen molar-refractivity contribution in [2.45, 2.75) is 79.4 Å². The molecule has 0 aromatic heterocycles. The Morgan fingerprint density at radius 1 is 1.08 bits per heavy atom. The molecule has 8 nitrogen and oxygen atoms in total. The molecule has 0 fully saturated rings. The molecule has 1 rings (SSSR count). The predicted octanol–water partition coefficient (Wildman–Crippen LogP) is 3.74. The van der Waals surface area contributed by atoms with Gasteiger partial charge in [-0.25, -0.2) is 4.79 Å². The van der Waals surface area contributed by atoms with E-state index in [0.29, 0.717) is 12.0 Å². The fraction of sp³-hybridized carbons (Fsp3) is 0.621. The molecule has 0 spiro atoms. The van der Waals surface area contributed by atoms with Crippen molar-refractivity contribution in [3.8, 4) is 5.75 Å². The summed E-state index contributed by atoms with van der Waals surface area (Å²) in [5, 5.41) is 6.18. The minimum atomic E-state index is -0.950. The van der Waals surface area contributed by atoms with Crippen molar-refractivity contribution in [1.82, 2.24) is 15.5 Å². The van der Waals surface area contributed by atoms with Gasteiger partial charge in [0, 0.05) is 12.6 Å². The van der Waals surface area contributed by atoms with Gasteiger partial charge in [-0.3, -0.25) is 9.59 Å². The monoisotopic (exact) mass is 517 g/mol. The maximum Gasteiger partial charge on any atom is 0.333 e. The Morgan fingerprint density at radius 3 is 2.08 bits per heavy atom. The summed E-state index contributed by atoms with van der Waals surface area (Å²) in [4.78, 5) is 41.2. The highest BCUT2D eigenvalue weighted by Crippen LogP contribution is 2.25. The number of methoxy groups -OCH3 is 1. The first-order chi connectivity index (χ1) is 17.1. The number of carbonyl (C=O) groups is 3. The third kappa shape index (κ3) is 8.88. The zero-order chi connectivity index (χ0) is 28.6. The van der Waals surface area contributed by atoms with E-state index >= 15 is 0 Å². The topological polar surface area (TPSA) is 97.0 Å². The second-order valence-electron chi connectivity index (χ2n) is 11.1. The number of hydrogen-bond donors (Lipinski definition) is 2. The van der Waals surface area contributed by atoms with Crippen LogP contribution in [0.15, 0.2) is 35.9 Å². The molecule has 8 heteroatoms. The molecule has 208 valence electrons. The lowest BCUT2D eigenvalue weighted by atomic mass is 9.83. The van der Waals surface area contributed by atoms with Crippen LogP contribution in [-0.2, 0) is 25.5 Å². The van der Waals surface area contributed by atoms with Crippen LogP contribution in [-0.4, -0.2) is 68.1 Å². The second kappa shape index (κ2) is 13.6. The van der Waals surface area contributed by atoms with E-state index < -0.39 is 23.0 Å². The van der Waals surface area contributed by atoms with Gasteiger partial charge in [0.2, 0.25) is 11.8 Å². The van der Waals surface area contributed by atoms with Gasteiger partial charge >= 0.3 is 5.97 Å². The summed E-state index contributed by atoms with van der Waals surface area (Å²) in [5.74, 6) is -0.125. The molecule has 0 bridgehead atoms. The highest BCUT2D eigenvalue weighted by molar-refractivity contribution is 5.93. The Hall–Kier alpha value is -2.87. The van der Waals surface area contributed by atoms with Gasteiger partial charge in [0.1, 0.15) is 11.8 Å². The maximum absolute atomic E-state index is 13.8. The lowest BCUT2D eigenvalue weighted by molar-refractivity contribution is -0.141. The summed E-state index contributed by atoms with van der Waals surface area (Å²) in [5.41, 5.74) is -0.104. The predicted molar refractivity (Wildman–Crippen MR) is 147 cm³/mol. The molecule has 1 aromatic rings. The number of hydrogen-bond acceptors (Lipinski definition) is 6. The fourth-order valence-electron chi connectivity index (χ4n) is 4.04. The summed E-state index contributed by atoms with van der Waals surface area (Å²) < 4.78 is 10.3. The van der Waals surface area contributed by atoms with Crippen LogP contribution in [0, 0.1) is 11.3 Å². The van der Waals surface area contributed by atoms with Crippen molar-refractivity contribution in [2.75, 3.05) is 27.8 Å². The number of benzene rings is 1. The Kier molecular flexibility index (Phi) is 11.8. The summed E-state index contributed by atoms with van der Waals surface area (Å²) in [7, 11) is 5.06. The lowest BCUT2D eigenvalue weighted by Gasteiger charge is -2.39. The van der Waals surface area contributed by atoms with Crippen LogP contribution in [0.4, 0.5) is 0 Å². The number of ether oxygens (including phenoxy) is 2. The van der Waals surface area contributed by atoms with Crippen molar-refractivity contribution < 1.29 is 23.9 Å². The second-order valence-corrected chi connectivity index (χ2v) is 11.1. The highest BCUT2D eigenvalue weighted by atomic mass is 16.5. The van der Waals surface area contributed by atoms with Crippen molar-refractivity contribution in [3.63, 3.8) is 0 Å². The summed E-state index contributed by atoms with van der Waals surface area (Å²) in [6.45, 7) is 15.3. The first-order valence-corrected chi connectivity index (χ1v) is 12.9. The van der Waals surface area contributed by atoms with Gasteiger partial charge in [0.25, 0.3) is 0 Å². The molecule has 2 amide bonds. The van der Waals surface area contributed by atoms with E-state index in [-0.39, 0.29) is 30.4 Å². The third-order valence-corrected chi connectivity index (χ3v) is 6.65. The van der Waals surface area contributed by atoms with E-state index in [9.17, 15) is 14.4 Å². The van der Waals surface area contributed by atoms with E-state index in [1.54, 1.807) is 46.0 Å². The van der Waals surface area contributed by atoms with Crippen molar-refractivity contribution in [1.29, 1.82) is 0 Å².